The van der Waals surface area contributed by atoms with Crippen LogP contribution in [-0.4, -0.2) is 43.3 Å². The number of benzene rings is 3. The molecule has 156 valence electrons. The van der Waals surface area contributed by atoms with Crippen molar-refractivity contribution in [3.05, 3.63) is 59.7 Å². The van der Waals surface area contributed by atoms with Crippen LogP contribution in [0.2, 0.25) is 0 Å². The lowest BCUT2D eigenvalue weighted by Crippen LogP contribution is -2.42. The van der Waals surface area contributed by atoms with Crippen molar-refractivity contribution in [3.63, 3.8) is 0 Å². The highest BCUT2D eigenvalue weighted by atomic mass is 32.2. The van der Waals surface area contributed by atoms with Gasteiger partial charge in [0.25, 0.3) is 11.8 Å². The van der Waals surface area contributed by atoms with E-state index < -0.39 is 40.1 Å². The van der Waals surface area contributed by atoms with Gasteiger partial charge in [0, 0.05) is 0 Å². The highest BCUT2D eigenvalue weighted by Crippen LogP contribution is 2.32. The molecule has 0 saturated carbocycles. The molecule has 30 heavy (non-hydrogen) atoms. The number of halogens is 3. The monoisotopic (exact) mass is 437 g/mol. The van der Waals surface area contributed by atoms with E-state index in [1.807, 2.05) is 36.4 Å². The number of fused-ring (bicyclic) bond motifs is 3. The van der Waals surface area contributed by atoms with Gasteiger partial charge in [0.05, 0.1) is 23.8 Å². The fraction of sp³-hybridized carbons (Fsp3) is 0.200. The van der Waals surface area contributed by atoms with Gasteiger partial charge in [-0.1, -0.05) is 24.3 Å². The molecule has 6 nitrogen and oxygen atoms in total. The molecule has 0 aliphatic carbocycles. The molecule has 0 fully saturated rings. The molecule has 0 aromatic heterocycles. The Morgan fingerprint density at radius 1 is 0.900 bits per heavy atom. The van der Waals surface area contributed by atoms with Gasteiger partial charge in [-0.25, -0.2) is 0 Å². The van der Waals surface area contributed by atoms with E-state index in [1.165, 1.54) is 6.92 Å². The van der Waals surface area contributed by atoms with E-state index in [4.69, 9.17) is 0 Å². The molecule has 0 spiro atoms. The fourth-order valence-corrected chi connectivity index (χ4v) is 3.94. The summed E-state index contributed by atoms with van der Waals surface area (Å²) in [5, 5.41) is 3.33. The molecule has 3 aromatic carbocycles. The number of imide groups is 1. The molecular weight excluding hydrogens is 423 g/mol. The molecule has 2 amide bonds. The second kappa shape index (κ2) is 6.78. The van der Waals surface area contributed by atoms with E-state index in [-0.39, 0.29) is 11.1 Å². The first kappa shape index (κ1) is 20.3. The van der Waals surface area contributed by atoms with Gasteiger partial charge in [0.15, 0.2) is 0 Å². The van der Waals surface area contributed by atoms with E-state index >= 15 is 0 Å². The maximum Gasteiger partial charge on any atom is 0.523 e. The Morgan fingerprint density at radius 2 is 1.37 bits per heavy atom. The van der Waals surface area contributed by atoms with Gasteiger partial charge in [-0.15, -0.1) is 0 Å². The van der Waals surface area contributed by atoms with Gasteiger partial charge in [0.2, 0.25) is 0 Å². The Morgan fingerprint density at radius 3 is 1.80 bits per heavy atom. The molecule has 1 aliphatic rings. The zero-order valence-corrected chi connectivity index (χ0v) is 16.3. The summed E-state index contributed by atoms with van der Waals surface area (Å²) in [6.45, 7) is 0.234. The number of carbonyl (C=O) groups is 2. The van der Waals surface area contributed by atoms with Crippen LogP contribution in [0.4, 0.5) is 13.2 Å². The van der Waals surface area contributed by atoms with Crippen LogP contribution >= 0.6 is 0 Å². The topological polar surface area (TPSA) is 80.8 Å². The Bertz CT molecular complexity index is 1240. The number of alkyl halides is 3. The highest BCUT2D eigenvalue weighted by molar-refractivity contribution is 7.87. The lowest BCUT2D eigenvalue weighted by molar-refractivity contribution is -0.0549. The van der Waals surface area contributed by atoms with E-state index in [1.54, 1.807) is 12.1 Å². The Kier molecular flexibility index (Phi) is 4.59. The minimum Gasteiger partial charge on any atom is -0.269 e. The summed E-state index contributed by atoms with van der Waals surface area (Å²) in [5.41, 5.74) is -5.38. The molecule has 0 N–H and O–H groups in total. The lowest BCUT2D eigenvalue weighted by atomic mass is 9.99. The van der Waals surface area contributed by atoms with Crippen LogP contribution in [0.1, 0.15) is 27.6 Å². The van der Waals surface area contributed by atoms with Crippen molar-refractivity contribution < 1.29 is 35.4 Å². The predicted octanol–water partition coefficient (Wildman–Crippen LogP) is 3.84. The van der Waals surface area contributed by atoms with Crippen LogP contribution in [0.15, 0.2) is 48.5 Å². The molecule has 0 bridgehead atoms. The summed E-state index contributed by atoms with van der Waals surface area (Å²) in [7, 11) is -5.83. The normalized spacial score (nSPS) is 15.8. The van der Waals surface area contributed by atoms with Crippen molar-refractivity contribution in [2.75, 3.05) is 6.61 Å². The second-order valence-electron chi connectivity index (χ2n) is 6.96. The summed E-state index contributed by atoms with van der Waals surface area (Å²) in [6.07, 6.45) is 0. The van der Waals surface area contributed by atoms with Crippen molar-refractivity contribution in [1.29, 1.82) is 0 Å². The van der Waals surface area contributed by atoms with Crippen LogP contribution in [0.5, 0.6) is 0 Å². The van der Waals surface area contributed by atoms with Gasteiger partial charge in [0.1, 0.15) is 0 Å². The molecule has 4 rings (SSSR count). The third-order valence-electron chi connectivity index (χ3n) is 4.93. The van der Waals surface area contributed by atoms with Gasteiger partial charge >= 0.3 is 15.6 Å². The first-order valence-electron chi connectivity index (χ1n) is 8.80. The zero-order valence-electron chi connectivity index (χ0n) is 15.4. The molecule has 1 heterocycles. The zero-order chi connectivity index (χ0) is 21.8. The van der Waals surface area contributed by atoms with Crippen molar-refractivity contribution in [2.45, 2.75) is 18.5 Å². The number of amides is 2. The van der Waals surface area contributed by atoms with Crippen molar-refractivity contribution >= 4 is 43.5 Å². The number of hydrogen-bond acceptors (Lipinski definition) is 5. The van der Waals surface area contributed by atoms with E-state index in [9.17, 15) is 31.2 Å². The standard InChI is InChI=1S/C20H14F3NO5S/c1-11(10-29-30(27,28)20(21,22)23)24-18(25)16-8-14-6-12-4-2-3-5-13(12)7-15(14)9-17(16)19(24)26/h2-9,11H,10H2,1H3. The van der Waals surface area contributed by atoms with Gasteiger partial charge < -0.3 is 0 Å². The maximum absolute atomic E-state index is 12.8. The van der Waals surface area contributed by atoms with E-state index in [0.29, 0.717) is 0 Å². The Balaban J connectivity index is 1.67. The number of nitrogens with zero attached hydrogens (tertiary/aromatic N) is 1. The average molecular weight is 437 g/mol. The number of hydrogen-bond donors (Lipinski definition) is 0. The minimum absolute atomic E-state index is 0.105. The second-order valence-corrected chi connectivity index (χ2v) is 8.56. The van der Waals surface area contributed by atoms with Crippen LogP contribution in [0, 0.1) is 0 Å². The smallest absolute Gasteiger partial charge is 0.269 e. The maximum atomic E-state index is 12.8. The Hall–Kier alpha value is -2.98. The number of rotatable bonds is 4. The molecule has 10 heteroatoms. The van der Waals surface area contributed by atoms with Crippen molar-refractivity contribution in [3.8, 4) is 0 Å². The summed E-state index contributed by atoms with van der Waals surface area (Å²) >= 11 is 0. The minimum atomic E-state index is -5.83. The van der Waals surface area contributed by atoms with Crippen molar-refractivity contribution in [1.82, 2.24) is 4.90 Å². The van der Waals surface area contributed by atoms with Gasteiger partial charge in [-0.05, 0) is 52.7 Å². The van der Waals surface area contributed by atoms with E-state index in [2.05, 4.69) is 4.18 Å². The van der Waals surface area contributed by atoms with Crippen LogP contribution in [0.25, 0.3) is 21.5 Å². The largest absolute Gasteiger partial charge is 0.523 e. The quantitative estimate of drug-likeness (QED) is 0.268. The summed E-state index contributed by atoms with van der Waals surface area (Å²) in [5.74, 6) is -1.43. The summed E-state index contributed by atoms with van der Waals surface area (Å²) < 4.78 is 63.5. The first-order chi connectivity index (χ1) is 14.0. The Labute approximate surface area is 169 Å². The molecule has 0 radical (unpaired) electrons. The number of carbonyl (C=O) groups excluding carboxylic acids is 2. The molecule has 1 atom stereocenters. The van der Waals surface area contributed by atoms with Crippen LogP contribution in [0.3, 0.4) is 0 Å². The first-order valence-corrected chi connectivity index (χ1v) is 10.2. The lowest BCUT2D eigenvalue weighted by Gasteiger charge is -2.22. The van der Waals surface area contributed by atoms with Crippen molar-refractivity contribution in [2.24, 2.45) is 0 Å². The molecule has 1 aliphatic heterocycles. The SMILES string of the molecule is CC(COS(=O)(=O)C(F)(F)F)N1C(=O)c2cc3cc4ccccc4cc3cc2C1=O. The fourth-order valence-electron chi connectivity index (χ4n) is 3.43. The molecule has 3 aromatic rings. The summed E-state index contributed by atoms with van der Waals surface area (Å²) in [4.78, 5) is 26.2. The third kappa shape index (κ3) is 3.21. The molecule has 0 saturated heterocycles. The average Bonchev–Trinajstić information content (AvgIpc) is 2.92. The third-order valence-corrected chi connectivity index (χ3v) is 5.94. The predicted molar refractivity (Wildman–Crippen MR) is 102 cm³/mol. The van der Waals surface area contributed by atoms with E-state index in [0.717, 1.165) is 26.4 Å². The van der Waals surface area contributed by atoms with Crippen LogP contribution < -0.4 is 0 Å². The van der Waals surface area contributed by atoms with Crippen LogP contribution in [-0.2, 0) is 14.3 Å². The molecule has 1 unspecified atom stereocenters. The molecular formula is C20H14F3NO5S. The van der Waals surface area contributed by atoms with Gasteiger partial charge in [-0.2, -0.15) is 21.6 Å². The highest BCUT2D eigenvalue weighted by Gasteiger charge is 2.48. The van der Waals surface area contributed by atoms with Gasteiger partial charge in [-0.3, -0.25) is 18.7 Å². The summed E-state index contributed by atoms with van der Waals surface area (Å²) in [6, 6.07) is 13.2.